The molecule has 8 heteroatoms. The lowest BCUT2D eigenvalue weighted by Crippen LogP contribution is -1.99. The van der Waals surface area contributed by atoms with E-state index in [1.807, 2.05) is 66.4 Å². The maximum absolute atomic E-state index is 5.51. The number of methoxy groups -OCH3 is 2. The predicted molar refractivity (Wildman–Crippen MR) is 117 cm³/mol. The summed E-state index contributed by atoms with van der Waals surface area (Å²) in [6, 6.07) is 13.5. The quantitative estimate of drug-likeness (QED) is 0.427. The Bertz CT molecular complexity index is 1150. The highest BCUT2D eigenvalue weighted by molar-refractivity contribution is 7.13. The van der Waals surface area contributed by atoms with Gasteiger partial charge in [0.1, 0.15) is 16.5 Å². The summed E-state index contributed by atoms with van der Waals surface area (Å²) in [5.74, 6) is 2.19. The van der Waals surface area contributed by atoms with Crippen molar-refractivity contribution in [2.45, 2.75) is 13.8 Å². The van der Waals surface area contributed by atoms with Crippen LogP contribution in [0.25, 0.3) is 27.6 Å². The third-order valence-corrected chi connectivity index (χ3v) is 5.52. The number of nitrogens with zero attached hydrogens (tertiary/aromatic N) is 4. The van der Waals surface area contributed by atoms with Gasteiger partial charge in [0.15, 0.2) is 11.5 Å². The molecule has 0 saturated carbocycles. The van der Waals surface area contributed by atoms with E-state index in [0.29, 0.717) is 18.1 Å². The van der Waals surface area contributed by atoms with Gasteiger partial charge in [-0.25, -0.2) is 9.67 Å². The largest absolute Gasteiger partial charge is 0.494 e. The molecule has 0 saturated heterocycles. The molecule has 0 aliphatic carbocycles. The Kier molecular flexibility index (Phi) is 5.67. The first-order valence-electron chi connectivity index (χ1n) is 9.48. The Balaban J connectivity index is 1.63. The molecule has 0 fully saturated rings. The summed E-state index contributed by atoms with van der Waals surface area (Å²) in [6.07, 6.45) is 0. The lowest BCUT2D eigenvalue weighted by Gasteiger charge is -2.08. The molecule has 0 amide bonds. The first-order chi connectivity index (χ1) is 14.6. The number of ether oxygens (including phenoxy) is 3. The van der Waals surface area contributed by atoms with E-state index < -0.39 is 0 Å². The zero-order valence-corrected chi connectivity index (χ0v) is 18.1. The van der Waals surface area contributed by atoms with Crippen LogP contribution in [0, 0.1) is 6.92 Å². The molecule has 0 spiro atoms. The van der Waals surface area contributed by atoms with Crippen molar-refractivity contribution < 1.29 is 14.2 Å². The van der Waals surface area contributed by atoms with Crippen molar-refractivity contribution in [3.8, 4) is 44.9 Å². The second-order valence-corrected chi connectivity index (χ2v) is 7.33. The van der Waals surface area contributed by atoms with E-state index in [2.05, 4.69) is 10.3 Å². The highest BCUT2D eigenvalue weighted by atomic mass is 32.1. The highest BCUT2D eigenvalue weighted by Gasteiger charge is 2.17. The minimum atomic E-state index is 0.637. The van der Waals surface area contributed by atoms with E-state index >= 15 is 0 Å². The van der Waals surface area contributed by atoms with Crippen LogP contribution in [0.1, 0.15) is 12.6 Å². The Labute approximate surface area is 178 Å². The molecule has 0 atom stereocenters. The van der Waals surface area contributed by atoms with Crippen molar-refractivity contribution >= 4 is 11.3 Å². The molecule has 4 rings (SSSR count). The van der Waals surface area contributed by atoms with E-state index in [0.717, 1.165) is 39.1 Å². The maximum atomic E-state index is 5.51. The van der Waals surface area contributed by atoms with Crippen LogP contribution >= 0.6 is 11.3 Å². The molecule has 0 bridgehead atoms. The van der Waals surface area contributed by atoms with Gasteiger partial charge in [-0.2, -0.15) is 0 Å². The number of hydrogen-bond donors (Lipinski definition) is 0. The summed E-state index contributed by atoms with van der Waals surface area (Å²) in [7, 11) is 3.24. The van der Waals surface area contributed by atoms with E-state index in [4.69, 9.17) is 19.2 Å². The van der Waals surface area contributed by atoms with Gasteiger partial charge in [-0.05, 0) is 56.3 Å². The normalized spacial score (nSPS) is 10.8. The standard InChI is InChI=1S/C22H22N4O3S/c1-5-29-17-9-7-16(8-10-17)26-14(2)21(24-25-26)22-23-18(13-30-22)15-6-11-19(27-3)20(12-15)28-4/h6-13H,5H2,1-4H3. The van der Waals surface area contributed by atoms with Crippen molar-refractivity contribution in [3.05, 3.63) is 53.5 Å². The zero-order valence-electron chi connectivity index (χ0n) is 17.2. The van der Waals surface area contributed by atoms with Gasteiger partial charge in [0, 0.05) is 10.9 Å². The lowest BCUT2D eigenvalue weighted by atomic mass is 10.1. The van der Waals surface area contributed by atoms with Gasteiger partial charge < -0.3 is 14.2 Å². The topological polar surface area (TPSA) is 71.3 Å². The first kappa shape index (κ1) is 19.9. The van der Waals surface area contributed by atoms with Crippen molar-refractivity contribution in [1.82, 2.24) is 20.0 Å². The maximum Gasteiger partial charge on any atom is 0.161 e. The summed E-state index contributed by atoms with van der Waals surface area (Å²) in [6.45, 7) is 4.59. The Morgan fingerprint density at radius 1 is 1.00 bits per heavy atom. The van der Waals surface area contributed by atoms with Gasteiger partial charge >= 0.3 is 0 Å². The van der Waals surface area contributed by atoms with Crippen LogP contribution in [-0.2, 0) is 0 Å². The summed E-state index contributed by atoms with van der Waals surface area (Å²) >= 11 is 1.53. The van der Waals surface area contributed by atoms with Gasteiger partial charge in [0.25, 0.3) is 0 Å². The van der Waals surface area contributed by atoms with Crippen LogP contribution in [0.15, 0.2) is 47.8 Å². The molecule has 0 unspecified atom stereocenters. The smallest absolute Gasteiger partial charge is 0.161 e. The lowest BCUT2D eigenvalue weighted by molar-refractivity contribution is 0.340. The van der Waals surface area contributed by atoms with E-state index in [1.54, 1.807) is 14.2 Å². The summed E-state index contributed by atoms with van der Waals surface area (Å²) in [5.41, 5.74) is 4.41. The van der Waals surface area contributed by atoms with Crippen LogP contribution in [0.3, 0.4) is 0 Å². The number of hydrogen-bond acceptors (Lipinski definition) is 7. The zero-order chi connectivity index (χ0) is 21.1. The number of thiazole rings is 1. The van der Waals surface area contributed by atoms with Crippen LogP contribution in [0.2, 0.25) is 0 Å². The van der Waals surface area contributed by atoms with Crippen molar-refractivity contribution in [1.29, 1.82) is 0 Å². The van der Waals surface area contributed by atoms with Gasteiger partial charge in [0.05, 0.1) is 37.9 Å². The fourth-order valence-electron chi connectivity index (χ4n) is 3.13. The van der Waals surface area contributed by atoms with Gasteiger partial charge in [-0.15, -0.1) is 16.4 Å². The van der Waals surface area contributed by atoms with E-state index in [-0.39, 0.29) is 0 Å². The fourth-order valence-corrected chi connectivity index (χ4v) is 4.00. The second kappa shape index (κ2) is 8.54. The molecule has 0 aliphatic heterocycles. The SMILES string of the molecule is CCOc1ccc(-n2nnc(-c3nc(-c4ccc(OC)c(OC)c4)cs3)c2C)cc1. The first-order valence-corrected chi connectivity index (χ1v) is 10.4. The van der Waals surface area contributed by atoms with Crippen molar-refractivity contribution in [3.63, 3.8) is 0 Å². The van der Waals surface area contributed by atoms with Crippen LogP contribution in [0.4, 0.5) is 0 Å². The van der Waals surface area contributed by atoms with E-state index in [9.17, 15) is 0 Å². The number of benzene rings is 2. The third kappa shape index (κ3) is 3.73. The fraction of sp³-hybridized carbons (Fsp3) is 0.227. The molecular weight excluding hydrogens is 400 g/mol. The van der Waals surface area contributed by atoms with Gasteiger partial charge in [0.2, 0.25) is 0 Å². The summed E-state index contributed by atoms with van der Waals surface area (Å²) in [5, 5.41) is 11.5. The molecule has 2 aromatic carbocycles. The van der Waals surface area contributed by atoms with Crippen LogP contribution in [0.5, 0.6) is 17.2 Å². The molecule has 0 aliphatic rings. The molecular formula is C22H22N4O3S. The molecule has 154 valence electrons. The monoisotopic (exact) mass is 422 g/mol. The molecule has 7 nitrogen and oxygen atoms in total. The average Bonchev–Trinajstić information content (AvgIpc) is 3.41. The van der Waals surface area contributed by atoms with E-state index in [1.165, 1.54) is 11.3 Å². The average molecular weight is 423 g/mol. The summed E-state index contributed by atoms with van der Waals surface area (Å²) < 4.78 is 18.0. The predicted octanol–water partition coefficient (Wildman–Crippen LogP) is 4.78. The molecule has 2 aromatic heterocycles. The van der Waals surface area contributed by atoms with Crippen LogP contribution < -0.4 is 14.2 Å². The molecule has 0 N–H and O–H groups in total. The highest BCUT2D eigenvalue weighted by Crippen LogP contribution is 2.35. The van der Waals surface area contributed by atoms with Gasteiger partial charge in [-0.1, -0.05) is 5.21 Å². The minimum absolute atomic E-state index is 0.637. The molecule has 4 aromatic rings. The molecule has 0 radical (unpaired) electrons. The van der Waals surface area contributed by atoms with Crippen LogP contribution in [-0.4, -0.2) is 40.8 Å². The Hall–Kier alpha value is -3.39. The molecule has 30 heavy (non-hydrogen) atoms. The van der Waals surface area contributed by atoms with Crippen molar-refractivity contribution in [2.75, 3.05) is 20.8 Å². The number of aromatic nitrogens is 4. The second-order valence-electron chi connectivity index (χ2n) is 6.47. The number of rotatable bonds is 7. The summed E-state index contributed by atoms with van der Waals surface area (Å²) in [4.78, 5) is 4.77. The molecule has 2 heterocycles. The van der Waals surface area contributed by atoms with Crippen molar-refractivity contribution in [2.24, 2.45) is 0 Å². The third-order valence-electron chi connectivity index (χ3n) is 4.67. The van der Waals surface area contributed by atoms with Gasteiger partial charge in [-0.3, -0.25) is 0 Å². The Morgan fingerprint density at radius 3 is 2.47 bits per heavy atom. The minimum Gasteiger partial charge on any atom is -0.494 e. The Morgan fingerprint density at radius 2 is 1.77 bits per heavy atom.